The average Bonchev–Trinajstić information content (AvgIpc) is 3.58. The Morgan fingerprint density at radius 1 is 1.03 bits per heavy atom. The molecule has 1 aromatic heterocycles. The van der Waals surface area contributed by atoms with Crippen LogP contribution in [0, 0.1) is 24.6 Å². The van der Waals surface area contributed by atoms with Crippen molar-refractivity contribution < 1.29 is 14.0 Å². The van der Waals surface area contributed by atoms with Crippen LogP contribution in [0.2, 0.25) is 0 Å². The third-order valence-corrected chi connectivity index (χ3v) is 6.86. The quantitative estimate of drug-likeness (QED) is 0.417. The molecular formula is C29H29FN4O2. The predicted molar refractivity (Wildman–Crippen MR) is 138 cm³/mol. The lowest BCUT2D eigenvalue weighted by molar-refractivity contribution is -0.120. The van der Waals surface area contributed by atoms with Crippen LogP contribution in [0.25, 0.3) is 16.6 Å². The predicted octanol–water partition coefficient (Wildman–Crippen LogP) is 5.47. The minimum absolute atomic E-state index is 0.0202. The first-order valence-electron chi connectivity index (χ1n) is 12.2. The number of nitrogens with zero attached hydrogens (tertiary/aromatic N) is 3. The number of aromatic nitrogens is 2. The van der Waals surface area contributed by atoms with E-state index in [0.29, 0.717) is 0 Å². The first kappa shape index (κ1) is 23.7. The molecule has 2 heterocycles. The number of benzene rings is 3. The molecule has 184 valence electrons. The van der Waals surface area contributed by atoms with E-state index in [1.54, 1.807) is 23.0 Å². The molecule has 2 aliphatic rings. The van der Waals surface area contributed by atoms with E-state index in [0.717, 1.165) is 47.1 Å². The van der Waals surface area contributed by atoms with Gasteiger partial charge in [-0.15, -0.1) is 0 Å². The number of aryl methyl sites for hydroxylation is 1. The molecule has 0 bridgehead atoms. The fourth-order valence-electron chi connectivity index (χ4n) is 4.73. The van der Waals surface area contributed by atoms with E-state index in [1.807, 2.05) is 36.1 Å². The monoisotopic (exact) mass is 484 g/mol. The van der Waals surface area contributed by atoms with Gasteiger partial charge >= 0.3 is 0 Å². The van der Waals surface area contributed by atoms with Gasteiger partial charge in [-0.2, -0.15) is 5.10 Å². The second kappa shape index (κ2) is 9.57. The Morgan fingerprint density at radius 3 is 2.39 bits per heavy atom. The van der Waals surface area contributed by atoms with E-state index in [-0.39, 0.29) is 35.5 Å². The van der Waals surface area contributed by atoms with Crippen LogP contribution in [-0.2, 0) is 9.59 Å². The van der Waals surface area contributed by atoms with E-state index in [1.165, 1.54) is 17.7 Å². The Morgan fingerprint density at radius 2 is 1.75 bits per heavy atom. The lowest BCUT2D eigenvalue weighted by Gasteiger charge is -2.25. The van der Waals surface area contributed by atoms with Crippen molar-refractivity contribution in [1.29, 1.82) is 0 Å². The van der Waals surface area contributed by atoms with Crippen molar-refractivity contribution >= 4 is 28.4 Å². The molecule has 36 heavy (non-hydrogen) atoms. The molecule has 0 spiro atoms. The van der Waals surface area contributed by atoms with Crippen molar-refractivity contribution in [3.63, 3.8) is 0 Å². The summed E-state index contributed by atoms with van der Waals surface area (Å²) in [5.41, 5.74) is 9.80. The van der Waals surface area contributed by atoms with Gasteiger partial charge in [0, 0.05) is 22.9 Å². The maximum absolute atomic E-state index is 13.3. The molecule has 7 heteroatoms. The van der Waals surface area contributed by atoms with Crippen molar-refractivity contribution in [2.24, 2.45) is 17.6 Å². The summed E-state index contributed by atoms with van der Waals surface area (Å²) < 4.78 is 15.1. The number of nitrogens with two attached hydrogens (primary N) is 1. The van der Waals surface area contributed by atoms with Crippen LogP contribution >= 0.6 is 0 Å². The van der Waals surface area contributed by atoms with Crippen molar-refractivity contribution in [2.75, 3.05) is 4.90 Å². The molecule has 2 atom stereocenters. The summed E-state index contributed by atoms with van der Waals surface area (Å²) >= 11 is 0. The molecule has 0 radical (unpaired) electrons. The summed E-state index contributed by atoms with van der Waals surface area (Å²) in [7, 11) is 0. The van der Waals surface area contributed by atoms with Crippen LogP contribution in [0.1, 0.15) is 43.4 Å². The molecule has 3 aromatic carbocycles. The normalized spacial score (nSPS) is 19.3. The molecule has 0 unspecified atom stereocenters. The number of primary amides is 1. The summed E-state index contributed by atoms with van der Waals surface area (Å²) in [5.74, 6) is -0.0405. The minimum atomic E-state index is -0.277. The lowest BCUT2D eigenvalue weighted by Crippen LogP contribution is -2.28. The van der Waals surface area contributed by atoms with Crippen molar-refractivity contribution in [2.45, 2.75) is 39.2 Å². The molecule has 2 amide bonds. The summed E-state index contributed by atoms with van der Waals surface area (Å²) in [5, 5.41) is 5.41. The topological polar surface area (TPSA) is 81.2 Å². The van der Waals surface area contributed by atoms with E-state index >= 15 is 0 Å². The van der Waals surface area contributed by atoms with Gasteiger partial charge in [0.05, 0.1) is 23.4 Å². The van der Waals surface area contributed by atoms with Crippen molar-refractivity contribution in [3.05, 3.63) is 89.9 Å². The van der Waals surface area contributed by atoms with Crippen LogP contribution in [0.15, 0.2) is 72.9 Å². The molecule has 1 aliphatic heterocycles. The van der Waals surface area contributed by atoms with Crippen molar-refractivity contribution in [3.8, 4) is 5.69 Å². The van der Waals surface area contributed by atoms with E-state index < -0.39 is 0 Å². The number of fused-ring (bicyclic) bond motifs is 1. The summed E-state index contributed by atoms with van der Waals surface area (Å²) in [6, 6.07) is 20.6. The average molecular weight is 485 g/mol. The zero-order valence-electron chi connectivity index (χ0n) is 20.4. The highest BCUT2D eigenvalue weighted by Crippen LogP contribution is 2.41. The Kier molecular flexibility index (Phi) is 6.31. The van der Waals surface area contributed by atoms with Gasteiger partial charge in [0.15, 0.2) is 0 Å². The first-order chi connectivity index (χ1) is 17.3. The Bertz CT molecular complexity index is 1430. The highest BCUT2D eigenvalue weighted by atomic mass is 19.1. The van der Waals surface area contributed by atoms with Crippen LogP contribution in [0.4, 0.5) is 10.1 Å². The fraction of sp³-hybridized carbons (Fsp3) is 0.276. The molecule has 4 aromatic rings. The van der Waals surface area contributed by atoms with Gasteiger partial charge in [-0.1, -0.05) is 36.8 Å². The Labute approximate surface area is 209 Å². The maximum Gasteiger partial charge on any atom is 0.230 e. The number of carbonyl (C=O) groups is 2. The molecule has 6 nitrogen and oxygen atoms in total. The lowest BCUT2D eigenvalue weighted by atomic mass is 9.99. The minimum Gasteiger partial charge on any atom is -0.369 e. The fourth-order valence-corrected chi connectivity index (χ4v) is 4.73. The van der Waals surface area contributed by atoms with Gasteiger partial charge in [-0.05, 0) is 74.2 Å². The summed E-state index contributed by atoms with van der Waals surface area (Å²) in [4.78, 5) is 24.9. The largest absolute Gasteiger partial charge is 0.369 e. The zero-order valence-corrected chi connectivity index (χ0v) is 20.4. The number of carbonyl (C=O) groups excluding carboxylic acids is 2. The second-order valence-electron chi connectivity index (χ2n) is 9.73. The SMILES string of the molecule is Cc1cccc([C@@H]2C[C@@H](C)C(=O)N2c2ccc3c(cnn3-c3ccc(F)cc3)c2)c1.NC(=O)C1CC1. The molecule has 2 fully saturated rings. The van der Waals surface area contributed by atoms with Crippen LogP contribution in [0.3, 0.4) is 0 Å². The third kappa shape index (κ3) is 4.73. The number of halogens is 1. The summed E-state index contributed by atoms with van der Waals surface area (Å²) in [6.45, 7) is 4.07. The number of amides is 2. The highest BCUT2D eigenvalue weighted by molar-refractivity contribution is 6.00. The van der Waals surface area contributed by atoms with E-state index in [4.69, 9.17) is 5.73 Å². The van der Waals surface area contributed by atoms with Gasteiger partial charge in [0.25, 0.3) is 0 Å². The van der Waals surface area contributed by atoms with Crippen LogP contribution in [0.5, 0.6) is 0 Å². The summed E-state index contributed by atoms with van der Waals surface area (Å²) in [6.07, 6.45) is 4.63. The highest BCUT2D eigenvalue weighted by Gasteiger charge is 2.38. The standard InChI is InChI=1S/C25H22FN3O.C4H7NO/c1-16-4-3-5-18(12-16)24-13-17(2)25(30)28(24)22-10-11-23-19(14-22)15-27-29(23)21-8-6-20(26)7-9-21;5-4(6)3-1-2-3/h3-12,14-15,17,24H,13H2,1-2H3;3H,1-2H2,(H2,5,6)/t17-,24+;/m1./s1. The van der Waals surface area contributed by atoms with Gasteiger partial charge < -0.3 is 10.6 Å². The first-order valence-corrected chi connectivity index (χ1v) is 12.2. The molecule has 1 saturated heterocycles. The van der Waals surface area contributed by atoms with E-state index in [2.05, 4.69) is 30.2 Å². The van der Waals surface area contributed by atoms with Crippen LogP contribution < -0.4 is 10.6 Å². The van der Waals surface area contributed by atoms with Crippen LogP contribution in [-0.4, -0.2) is 21.6 Å². The Hall–Kier alpha value is -4.00. The molecule has 2 N–H and O–H groups in total. The molecule has 1 aliphatic carbocycles. The van der Waals surface area contributed by atoms with Gasteiger partial charge in [0.2, 0.25) is 11.8 Å². The van der Waals surface area contributed by atoms with Gasteiger partial charge in [-0.25, -0.2) is 9.07 Å². The zero-order chi connectivity index (χ0) is 25.4. The smallest absolute Gasteiger partial charge is 0.230 e. The van der Waals surface area contributed by atoms with Gasteiger partial charge in [0.1, 0.15) is 5.82 Å². The molecular weight excluding hydrogens is 455 g/mol. The molecule has 1 saturated carbocycles. The maximum atomic E-state index is 13.3. The number of hydrogen-bond acceptors (Lipinski definition) is 3. The second-order valence-corrected chi connectivity index (χ2v) is 9.73. The third-order valence-electron chi connectivity index (χ3n) is 6.86. The Balaban J connectivity index is 0.000000391. The number of anilines is 1. The number of hydrogen-bond donors (Lipinski definition) is 1. The molecule has 6 rings (SSSR count). The van der Waals surface area contributed by atoms with E-state index in [9.17, 15) is 14.0 Å². The van der Waals surface area contributed by atoms with Gasteiger partial charge in [-0.3, -0.25) is 9.59 Å². The van der Waals surface area contributed by atoms with Crippen molar-refractivity contribution in [1.82, 2.24) is 9.78 Å². The number of rotatable bonds is 4.